The number of carbonyl (C=O) groups excluding carboxylic acids is 3. The van der Waals surface area contributed by atoms with Crippen LogP contribution in [0.2, 0.25) is 0 Å². The van der Waals surface area contributed by atoms with Gasteiger partial charge in [-0.2, -0.15) is 0 Å². The van der Waals surface area contributed by atoms with Gasteiger partial charge in [0.1, 0.15) is 5.75 Å². The number of nitrogens with zero attached hydrogens (tertiary/aromatic N) is 2. The minimum Gasteiger partial charge on any atom is -0.476 e. The number of benzene rings is 1. The third-order valence-corrected chi connectivity index (χ3v) is 8.95. The molecule has 10 nitrogen and oxygen atoms in total. The molecule has 3 fully saturated rings. The monoisotopic (exact) mass is 570 g/mol. The summed E-state index contributed by atoms with van der Waals surface area (Å²) in [4.78, 5) is 44.1. The van der Waals surface area contributed by atoms with Gasteiger partial charge in [-0.3, -0.25) is 14.4 Å². The van der Waals surface area contributed by atoms with Crippen molar-refractivity contribution >= 4 is 29.1 Å². The number of piperidine rings is 1. The lowest BCUT2D eigenvalue weighted by Gasteiger charge is -2.40. The molecular formula is C31H46N4O6. The lowest BCUT2D eigenvalue weighted by atomic mass is 9.86. The van der Waals surface area contributed by atoms with Gasteiger partial charge < -0.3 is 34.6 Å². The molecule has 0 bridgehead atoms. The maximum Gasteiger partial charge on any atom is 0.270 e. The Labute approximate surface area is 243 Å². The van der Waals surface area contributed by atoms with Crippen molar-refractivity contribution in [2.75, 3.05) is 56.4 Å². The zero-order valence-electron chi connectivity index (χ0n) is 24.9. The minimum absolute atomic E-state index is 0.0608. The summed E-state index contributed by atoms with van der Waals surface area (Å²) < 4.78 is 16.8. The molecule has 1 saturated carbocycles. The first-order valence-electron chi connectivity index (χ1n) is 15.3. The number of fused-ring (bicyclic) bond motifs is 1. The predicted octanol–water partition coefficient (Wildman–Crippen LogP) is 2.88. The van der Waals surface area contributed by atoms with Crippen molar-refractivity contribution in [3.63, 3.8) is 0 Å². The van der Waals surface area contributed by atoms with E-state index >= 15 is 0 Å². The molecule has 5 rings (SSSR count). The van der Waals surface area contributed by atoms with Crippen molar-refractivity contribution in [3.8, 4) is 5.75 Å². The fourth-order valence-electron chi connectivity index (χ4n) is 6.34. The molecule has 3 heterocycles. The topological polar surface area (TPSA) is 109 Å². The Hall–Kier alpha value is -2.69. The van der Waals surface area contributed by atoms with Crippen LogP contribution in [0.5, 0.6) is 5.75 Å². The van der Waals surface area contributed by atoms with E-state index in [9.17, 15) is 14.4 Å². The van der Waals surface area contributed by atoms with Crippen molar-refractivity contribution < 1.29 is 28.6 Å². The molecule has 0 aromatic heterocycles. The predicted molar refractivity (Wildman–Crippen MR) is 156 cm³/mol. The molecule has 0 spiro atoms. The van der Waals surface area contributed by atoms with Crippen LogP contribution >= 0.6 is 0 Å². The second kappa shape index (κ2) is 12.7. The maximum atomic E-state index is 14.1. The SMILES string of the molecule is COCCCN1C(=O)C(C)(C)Oc2ccc(N(C(=O)[C@H]3CNC[C@@H](NC(=O)C(C)C4CCOCC4)C3)C3CC3)cc21. The van der Waals surface area contributed by atoms with Crippen molar-refractivity contribution in [1.29, 1.82) is 0 Å². The number of methoxy groups -OCH3 is 1. The summed E-state index contributed by atoms with van der Waals surface area (Å²) in [6.45, 7) is 9.29. The summed E-state index contributed by atoms with van der Waals surface area (Å²) in [6, 6.07) is 5.78. The standard InChI is InChI=1S/C31H46N4O6/c1-20(21-10-14-40-15-11-21)28(36)33-23-16-22(18-32-19-23)29(37)35(24-6-7-24)25-8-9-27-26(17-25)34(12-5-13-39-4)30(38)31(2,3)41-27/h8-9,17,20-24,32H,5-7,10-16,18-19H2,1-4H3,(H,33,36)/t20?,22-,23+/m1/s1. The van der Waals surface area contributed by atoms with E-state index in [0.29, 0.717) is 69.7 Å². The van der Waals surface area contributed by atoms with Crippen LogP contribution in [0, 0.1) is 17.8 Å². The molecule has 41 heavy (non-hydrogen) atoms. The normalized spacial score (nSPS) is 25.2. The molecular weight excluding hydrogens is 524 g/mol. The molecule has 2 saturated heterocycles. The van der Waals surface area contributed by atoms with E-state index in [1.165, 1.54) is 0 Å². The largest absolute Gasteiger partial charge is 0.476 e. The van der Waals surface area contributed by atoms with Gasteiger partial charge in [-0.25, -0.2) is 0 Å². The molecule has 1 aliphatic carbocycles. The lowest BCUT2D eigenvalue weighted by Crippen LogP contribution is -2.54. The summed E-state index contributed by atoms with van der Waals surface area (Å²) in [5.74, 6) is 0.668. The first kappa shape index (κ1) is 29.8. The van der Waals surface area contributed by atoms with Gasteiger partial charge in [0, 0.05) is 70.3 Å². The molecule has 10 heteroatoms. The molecule has 0 radical (unpaired) electrons. The third kappa shape index (κ3) is 6.70. The highest BCUT2D eigenvalue weighted by Crippen LogP contribution is 2.43. The minimum atomic E-state index is -0.969. The zero-order chi connectivity index (χ0) is 29.1. The summed E-state index contributed by atoms with van der Waals surface area (Å²) in [6.07, 6.45) is 5.02. The molecule has 3 aliphatic heterocycles. The fourth-order valence-corrected chi connectivity index (χ4v) is 6.34. The van der Waals surface area contributed by atoms with Gasteiger partial charge in [0.2, 0.25) is 11.8 Å². The highest BCUT2D eigenvalue weighted by molar-refractivity contribution is 6.04. The molecule has 226 valence electrons. The smallest absolute Gasteiger partial charge is 0.270 e. The number of hydrogen-bond donors (Lipinski definition) is 2. The van der Waals surface area contributed by atoms with Crippen LogP contribution in [0.4, 0.5) is 11.4 Å². The van der Waals surface area contributed by atoms with Crippen LogP contribution in [-0.4, -0.2) is 82.0 Å². The van der Waals surface area contributed by atoms with Crippen LogP contribution < -0.4 is 25.2 Å². The Balaban J connectivity index is 1.30. The second-order valence-electron chi connectivity index (χ2n) is 12.5. The van der Waals surface area contributed by atoms with Gasteiger partial charge in [-0.05, 0) is 76.5 Å². The van der Waals surface area contributed by atoms with E-state index in [1.54, 1.807) is 25.9 Å². The average Bonchev–Trinajstić information content (AvgIpc) is 3.81. The van der Waals surface area contributed by atoms with Crippen molar-refractivity contribution in [1.82, 2.24) is 10.6 Å². The fraction of sp³-hybridized carbons (Fsp3) is 0.710. The van der Waals surface area contributed by atoms with Gasteiger partial charge in [0.05, 0.1) is 11.6 Å². The number of hydrogen-bond acceptors (Lipinski definition) is 7. The molecule has 3 amide bonds. The summed E-state index contributed by atoms with van der Waals surface area (Å²) in [5, 5.41) is 6.61. The second-order valence-corrected chi connectivity index (χ2v) is 12.5. The molecule has 1 unspecified atom stereocenters. The first-order valence-corrected chi connectivity index (χ1v) is 15.3. The number of anilines is 2. The van der Waals surface area contributed by atoms with Crippen molar-refractivity contribution in [3.05, 3.63) is 18.2 Å². The Bertz CT molecular complexity index is 1120. The van der Waals surface area contributed by atoms with E-state index in [4.69, 9.17) is 14.2 Å². The van der Waals surface area contributed by atoms with E-state index < -0.39 is 5.60 Å². The van der Waals surface area contributed by atoms with Gasteiger partial charge >= 0.3 is 0 Å². The Morgan fingerprint density at radius 1 is 1.20 bits per heavy atom. The number of carbonyl (C=O) groups is 3. The van der Waals surface area contributed by atoms with Gasteiger partial charge in [-0.1, -0.05) is 6.92 Å². The molecule has 3 atom stereocenters. The quantitative estimate of drug-likeness (QED) is 0.417. The van der Waals surface area contributed by atoms with Gasteiger partial charge in [-0.15, -0.1) is 0 Å². The lowest BCUT2D eigenvalue weighted by molar-refractivity contribution is -0.132. The Kier molecular flexibility index (Phi) is 9.21. The highest BCUT2D eigenvalue weighted by Gasteiger charge is 2.43. The first-order chi connectivity index (χ1) is 19.7. The summed E-state index contributed by atoms with van der Waals surface area (Å²) in [7, 11) is 1.65. The van der Waals surface area contributed by atoms with Crippen molar-refractivity contribution in [2.24, 2.45) is 17.8 Å². The number of rotatable bonds is 10. The molecule has 1 aromatic carbocycles. The number of ether oxygens (including phenoxy) is 3. The molecule has 1 aromatic rings. The third-order valence-electron chi connectivity index (χ3n) is 8.95. The van der Waals surface area contributed by atoms with Crippen LogP contribution in [0.1, 0.15) is 59.3 Å². The summed E-state index contributed by atoms with van der Waals surface area (Å²) in [5.41, 5.74) is 0.502. The maximum absolute atomic E-state index is 14.1. The molecule has 4 aliphatic rings. The highest BCUT2D eigenvalue weighted by atomic mass is 16.5. The van der Waals surface area contributed by atoms with E-state index in [2.05, 4.69) is 10.6 Å². The Morgan fingerprint density at radius 2 is 1.95 bits per heavy atom. The number of amides is 3. The summed E-state index contributed by atoms with van der Waals surface area (Å²) >= 11 is 0. The van der Waals surface area contributed by atoms with Gasteiger partial charge in [0.15, 0.2) is 5.60 Å². The number of nitrogens with one attached hydrogen (secondary N) is 2. The van der Waals surface area contributed by atoms with Crippen molar-refractivity contribution in [2.45, 2.75) is 77.0 Å². The van der Waals surface area contributed by atoms with E-state index in [1.807, 2.05) is 30.0 Å². The van der Waals surface area contributed by atoms with Gasteiger partial charge in [0.25, 0.3) is 5.91 Å². The zero-order valence-corrected chi connectivity index (χ0v) is 24.9. The van der Waals surface area contributed by atoms with E-state index in [0.717, 1.165) is 31.4 Å². The van der Waals surface area contributed by atoms with Crippen LogP contribution in [0.25, 0.3) is 0 Å². The van der Waals surface area contributed by atoms with E-state index in [-0.39, 0.29) is 41.6 Å². The van der Waals surface area contributed by atoms with Crippen LogP contribution in [0.15, 0.2) is 18.2 Å². The van der Waals surface area contributed by atoms with Crippen LogP contribution in [0.3, 0.4) is 0 Å². The average molecular weight is 571 g/mol. The van der Waals surface area contributed by atoms with Crippen LogP contribution in [-0.2, 0) is 23.9 Å². The Morgan fingerprint density at radius 3 is 2.66 bits per heavy atom. The molecule has 2 N–H and O–H groups in total.